The number of fused-ring (bicyclic) bond motifs is 8. The monoisotopic (exact) mass is 516 g/mol. The summed E-state index contributed by atoms with van der Waals surface area (Å²) in [6.07, 6.45) is 0. The molecule has 0 unspecified atom stereocenters. The number of halogens is 2. The van der Waals surface area contributed by atoms with Crippen LogP contribution in [0.5, 0.6) is 0 Å². The van der Waals surface area contributed by atoms with Crippen molar-refractivity contribution in [1.82, 2.24) is 0 Å². The van der Waals surface area contributed by atoms with Crippen LogP contribution in [0.1, 0.15) is 49.9 Å². The standard InChI is InChI=1S/C28H22Br2/c1-27(2)21-11-15(29)9-10-16(21)19-12-20-23(13-22(19)27)28(3,4)24-14-25(30)17-7-5-6-8-18(17)26(20)24/h5-14H,1-4H3. The molecule has 0 fully saturated rings. The van der Waals surface area contributed by atoms with E-state index in [0.717, 1.165) is 4.47 Å². The summed E-state index contributed by atoms with van der Waals surface area (Å²) in [5.41, 5.74) is 11.2. The average molecular weight is 518 g/mol. The first-order chi connectivity index (χ1) is 14.2. The van der Waals surface area contributed by atoms with Gasteiger partial charge < -0.3 is 0 Å². The highest BCUT2D eigenvalue weighted by molar-refractivity contribution is 9.11. The number of benzene rings is 4. The summed E-state index contributed by atoms with van der Waals surface area (Å²) >= 11 is 7.53. The highest BCUT2D eigenvalue weighted by Crippen LogP contribution is 2.57. The van der Waals surface area contributed by atoms with Crippen LogP contribution in [-0.2, 0) is 10.8 Å². The number of hydrogen-bond donors (Lipinski definition) is 0. The van der Waals surface area contributed by atoms with Gasteiger partial charge in [0.2, 0.25) is 0 Å². The van der Waals surface area contributed by atoms with Gasteiger partial charge in [0.05, 0.1) is 0 Å². The smallest absolute Gasteiger partial charge is 0.0257 e. The summed E-state index contributed by atoms with van der Waals surface area (Å²) < 4.78 is 2.33. The van der Waals surface area contributed by atoms with Crippen LogP contribution >= 0.6 is 31.9 Å². The van der Waals surface area contributed by atoms with Gasteiger partial charge in [-0.2, -0.15) is 0 Å². The van der Waals surface area contributed by atoms with E-state index in [9.17, 15) is 0 Å². The first-order valence-corrected chi connectivity index (χ1v) is 12.0. The predicted octanol–water partition coefficient (Wildman–Crippen LogP) is 8.98. The van der Waals surface area contributed by atoms with Gasteiger partial charge in [-0.3, -0.25) is 0 Å². The molecule has 0 nitrogen and oxygen atoms in total. The van der Waals surface area contributed by atoms with Crippen LogP contribution < -0.4 is 0 Å². The van der Waals surface area contributed by atoms with Gasteiger partial charge in [-0.05, 0) is 79.5 Å². The molecule has 0 spiro atoms. The quantitative estimate of drug-likeness (QED) is 0.218. The average Bonchev–Trinajstić information content (AvgIpc) is 3.06. The minimum atomic E-state index is -0.0301. The molecule has 2 aliphatic carbocycles. The van der Waals surface area contributed by atoms with Crippen molar-refractivity contribution in [3.05, 3.63) is 91.9 Å². The molecule has 2 heteroatoms. The molecule has 148 valence electrons. The van der Waals surface area contributed by atoms with Crippen molar-refractivity contribution in [2.45, 2.75) is 38.5 Å². The Morgan fingerprint density at radius 3 is 1.97 bits per heavy atom. The van der Waals surface area contributed by atoms with Gasteiger partial charge in [-0.1, -0.05) is 96.0 Å². The van der Waals surface area contributed by atoms with E-state index in [1.807, 2.05) is 0 Å². The van der Waals surface area contributed by atoms with Crippen LogP contribution in [0.25, 0.3) is 33.0 Å². The third kappa shape index (κ3) is 2.22. The highest BCUT2D eigenvalue weighted by atomic mass is 79.9. The van der Waals surface area contributed by atoms with Gasteiger partial charge >= 0.3 is 0 Å². The van der Waals surface area contributed by atoms with Crippen molar-refractivity contribution in [1.29, 1.82) is 0 Å². The minimum absolute atomic E-state index is 0.00299. The van der Waals surface area contributed by atoms with E-state index in [4.69, 9.17) is 0 Å². The summed E-state index contributed by atoms with van der Waals surface area (Å²) in [6, 6.07) is 22.8. The zero-order valence-electron chi connectivity index (χ0n) is 17.5. The van der Waals surface area contributed by atoms with Crippen molar-refractivity contribution in [3.63, 3.8) is 0 Å². The normalized spacial score (nSPS) is 16.9. The van der Waals surface area contributed by atoms with Crippen LogP contribution in [0.4, 0.5) is 0 Å². The first kappa shape index (κ1) is 18.8. The maximum Gasteiger partial charge on any atom is 0.0257 e. The molecule has 6 rings (SSSR count). The molecule has 0 saturated heterocycles. The van der Waals surface area contributed by atoms with E-state index in [1.54, 1.807) is 0 Å². The van der Waals surface area contributed by atoms with E-state index < -0.39 is 0 Å². The van der Waals surface area contributed by atoms with E-state index in [0.29, 0.717) is 0 Å². The van der Waals surface area contributed by atoms with Crippen LogP contribution in [-0.4, -0.2) is 0 Å². The molecule has 0 bridgehead atoms. The fraction of sp³-hybridized carbons (Fsp3) is 0.214. The lowest BCUT2D eigenvalue weighted by atomic mass is 9.77. The molecule has 4 aromatic rings. The van der Waals surface area contributed by atoms with E-state index in [1.165, 1.54) is 59.8 Å². The Bertz CT molecular complexity index is 1410. The minimum Gasteiger partial charge on any atom is -0.0616 e. The van der Waals surface area contributed by atoms with E-state index >= 15 is 0 Å². The number of hydrogen-bond acceptors (Lipinski definition) is 0. The summed E-state index contributed by atoms with van der Waals surface area (Å²) in [5.74, 6) is 0. The van der Waals surface area contributed by atoms with Crippen molar-refractivity contribution in [2.75, 3.05) is 0 Å². The van der Waals surface area contributed by atoms with Gasteiger partial charge in [0, 0.05) is 19.8 Å². The third-order valence-electron chi connectivity index (χ3n) is 7.39. The van der Waals surface area contributed by atoms with Crippen LogP contribution in [0.15, 0.2) is 69.6 Å². The largest absolute Gasteiger partial charge is 0.0616 e. The van der Waals surface area contributed by atoms with Crippen molar-refractivity contribution < 1.29 is 0 Å². The maximum atomic E-state index is 3.84. The molecule has 4 aromatic carbocycles. The Hall–Kier alpha value is -1.90. The SMILES string of the molecule is CC1(C)c2cc(Br)ccc2-c2cc3c(cc21)C(C)(C)c1cc(Br)c2ccccc2c1-3. The lowest BCUT2D eigenvalue weighted by Gasteiger charge is -2.26. The third-order valence-corrected chi connectivity index (χ3v) is 8.54. The summed E-state index contributed by atoms with van der Waals surface area (Å²) in [7, 11) is 0. The summed E-state index contributed by atoms with van der Waals surface area (Å²) in [4.78, 5) is 0. The van der Waals surface area contributed by atoms with Gasteiger partial charge in [0.15, 0.2) is 0 Å². The Balaban J connectivity index is 1.75. The lowest BCUT2D eigenvalue weighted by Crippen LogP contribution is -2.18. The Kier molecular flexibility index (Phi) is 3.68. The maximum absolute atomic E-state index is 3.84. The molecule has 0 amide bonds. The predicted molar refractivity (Wildman–Crippen MR) is 134 cm³/mol. The Morgan fingerprint density at radius 2 is 1.20 bits per heavy atom. The molecule has 0 saturated carbocycles. The van der Waals surface area contributed by atoms with Gasteiger partial charge in [0.1, 0.15) is 0 Å². The molecule has 0 atom stereocenters. The lowest BCUT2D eigenvalue weighted by molar-refractivity contribution is 0.639. The molecular weight excluding hydrogens is 496 g/mol. The summed E-state index contributed by atoms with van der Waals surface area (Å²) in [6.45, 7) is 9.46. The fourth-order valence-corrected chi connectivity index (χ4v) is 6.67. The Labute approximate surface area is 194 Å². The van der Waals surface area contributed by atoms with Crippen LogP contribution in [0.2, 0.25) is 0 Å². The van der Waals surface area contributed by atoms with Crippen LogP contribution in [0, 0.1) is 0 Å². The molecule has 0 radical (unpaired) electrons. The van der Waals surface area contributed by atoms with Crippen molar-refractivity contribution in [3.8, 4) is 22.3 Å². The Morgan fingerprint density at radius 1 is 0.567 bits per heavy atom. The molecule has 0 aromatic heterocycles. The van der Waals surface area contributed by atoms with Gasteiger partial charge in [-0.25, -0.2) is 0 Å². The second-order valence-electron chi connectivity index (χ2n) is 9.71. The molecular formula is C28H22Br2. The molecule has 0 aliphatic heterocycles. The second-order valence-corrected chi connectivity index (χ2v) is 11.5. The molecule has 0 heterocycles. The highest BCUT2D eigenvalue weighted by Gasteiger charge is 2.42. The van der Waals surface area contributed by atoms with Crippen LogP contribution in [0.3, 0.4) is 0 Å². The second kappa shape index (κ2) is 5.87. The van der Waals surface area contributed by atoms with Gasteiger partial charge in [0.25, 0.3) is 0 Å². The summed E-state index contributed by atoms with van der Waals surface area (Å²) in [5, 5.41) is 2.62. The zero-order valence-corrected chi connectivity index (χ0v) is 20.7. The first-order valence-electron chi connectivity index (χ1n) is 10.4. The molecule has 0 N–H and O–H groups in total. The van der Waals surface area contributed by atoms with E-state index in [-0.39, 0.29) is 10.8 Å². The van der Waals surface area contributed by atoms with Gasteiger partial charge in [-0.15, -0.1) is 0 Å². The fourth-order valence-electron chi connectivity index (χ4n) is 5.74. The van der Waals surface area contributed by atoms with Crippen molar-refractivity contribution >= 4 is 42.6 Å². The molecule has 30 heavy (non-hydrogen) atoms. The topological polar surface area (TPSA) is 0 Å². The van der Waals surface area contributed by atoms with E-state index in [2.05, 4.69) is 120 Å². The zero-order chi connectivity index (χ0) is 21.0. The van der Waals surface area contributed by atoms with Crippen molar-refractivity contribution in [2.24, 2.45) is 0 Å². The molecule has 2 aliphatic rings. The number of rotatable bonds is 0.